The van der Waals surface area contributed by atoms with E-state index in [0.717, 1.165) is 44.2 Å². The Hall–Kier alpha value is -3.39. The summed E-state index contributed by atoms with van der Waals surface area (Å²) < 4.78 is 5.73. The zero-order valence-electron chi connectivity index (χ0n) is 21.1. The molecule has 0 radical (unpaired) electrons. The van der Waals surface area contributed by atoms with Gasteiger partial charge in [-0.15, -0.1) is 0 Å². The fraction of sp³-hybridized carbons (Fsp3) is 0.464. The van der Waals surface area contributed by atoms with Crippen LogP contribution < -0.4 is 15.8 Å². The number of hydrogen-bond acceptors (Lipinski definition) is 5. The van der Waals surface area contributed by atoms with E-state index >= 15 is 0 Å². The number of ether oxygens (including phenoxy) is 1. The van der Waals surface area contributed by atoms with Crippen molar-refractivity contribution in [2.24, 2.45) is 5.73 Å². The Bertz CT molecular complexity index is 1080. The molecule has 2 heterocycles. The smallest absolute Gasteiger partial charge is 0.260 e. The molecule has 192 valence electrons. The number of para-hydroxylation sites is 1. The number of carbonyl (C=O) groups excluding carboxylic acids is 3. The summed E-state index contributed by atoms with van der Waals surface area (Å²) in [6, 6.07) is 14.6. The molecule has 3 amide bonds. The topological polar surface area (TPSA) is 105 Å². The predicted octanol–water partition coefficient (Wildman–Crippen LogP) is 3.56. The first-order valence-electron chi connectivity index (χ1n) is 12.8. The molecule has 2 saturated heterocycles. The first-order chi connectivity index (χ1) is 17.3. The largest absolute Gasteiger partial charge is 0.484 e. The van der Waals surface area contributed by atoms with Gasteiger partial charge in [0.25, 0.3) is 11.8 Å². The number of nitrogens with zero attached hydrogens (tertiary/aromatic N) is 2. The standard InChI is InChI=1S/C28H36N4O4/c1-19-7-5-8-20(2)32(19)26(33)18-36-23-14-12-21(13-15-23)28(35)30-24-10-4-3-9-22(24)17-31-16-6-11-25(31)27(29)34/h3-4,9-10,12-15,19-20,25H,5-8,11,16-18H2,1-2H3,(H2,29,34)(H,30,35). The van der Waals surface area contributed by atoms with Gasteiger partial charge >= 0.3 is 0 Å². The molecule has 8 nitrogen and oxygen atoms in total. The average Bonchev–Trinajstić information content (AvgIpc) is 3.33. The molecule has 0 spiro atoms. The van der Waals surface area contributed by atoms with Gasteiger partial charge in [-0.1, -0.05) is 18.2 Å². The van der Waals surface area contributed by atoms with E-state index in [1.807, 2.05) is 29.2 Å². The van der Waals surface area contributed by atoms with E-state index < -0.39 is 0 Å². The number of nitrogens with two attached hydrogens (primary N) is 1. The number of primary amides is 1. The molecule has 0 saturated carbocycles. The summed E-state index contributed by atoms with van der Waals surface area (Å²) in [4.78, 5) is 41.4. The van der Waals surface area contributed by atoms with Crippen LogP contribution in [0.15, 0.2) is 48.5 Å². The first-order valence-corrected chi connectivity index (χ1v) is 12.8. The van der Waals surface area contributed by atoms with Crippen LogP contribution >= 0.6 is 0 Å². The third-order valence-corrected chi connectivity index (χ3v) is 7.29. The van der Waals surface area contributed by atoms with Gasteiger partial charge in [0.05, 0.1) is 6.04 Å². The second kappa shape index (κ2) is 11.6. The van der Waals surface area contributed by atoms with Gasteiger partial charge in [0.15, 0.2) is 6.61 Å². The molecular weight excluding hydrogens is 456 g/mol. The van der Waals surface area contributed by atoms with Crippen molar-refractivity contribution in [3.63, 3.8) is 0 Å². The molecule has 0 aliphatic carbocycles. The Balaban J connectivity index is 1.35. The summed E-state index contributed by atoms with van der Waals surface area (Å²) in [6.07, 6.45) is 4.88. The molecule has 2 aliphatic heterocycles. The number of anilines is 1. The first kappa shape index (κ1) is 25.7. The second-order valence-corrected chi connectivity index (χ2v) is 9.89. The van der Waals surface area contributed by atoms with E-state index in [-0.39, 0.29) is 42.5 Å². The monoisotopic (exact) mass is 492 g/mol. The molecule has 8 heteroatoms. The quantitative estimate of drug-likeness (QED) is 0.586. The van der Waals surface area contributed by atoms with Crippen LogP contribution in [0.25, 0.3) is 0 Å². The number of piperidine rings is 1. The van der Waals surface area contributed by atoms with Crippen molar-refractivity contribution < 1.29 is 19.1 Å². The summed E-state index contributed by atoms with van der Waals surface area (Å²) in [5, 5.41) is 2.98. The molecule has 3 unspecified atom stereocenters. The summed E-state index contributed by atoms with van der Waals surface area (Å²) in [6.45, 7) is 5.49. The molecule has 2 aromatic rings. The van der Waals surface area contributed by atoms with Gasteiger partial charge < -0.3 is 20.7 Å². The van der Waals surface area contributed by atoms with Crippen molar-refractivity contribution in [1.82, 2.24) is 9.80 Å². The lowest BCUT2D eigenvalue weighted by Gasteiger charge is -2.38. The van der Waals surface area contributed by atoms with Crippen molar-refractivity contribution in [2.75, 3.05) is 18.5 Å². The van der Waals surface area contributed by atoms with E-state index in [2.05, 4.69) is 24.1 Å². The van der Waals surface area contributed by atoms with Gasteiger partial charge in [-0.3, -0.25) is 19.3 Å². The Kier molecular flexibility index (Phi) is 8.25. The van der Waals surface area contributed by atoms with Crippen LogP contribution in [0, 0.1) is 0 Å². The fourth-order valence-corrected chi connectivity index (χ4v) is 5.37. The number of hydrogen-bond donors (Lipinski definition) is 2. The van der Waals surface area contributed by atoms with Crippen LogP contribution in [0.2, 0.25) is 0 Å². The van der Waals surface area contributed by atoms with Crippen molar-refractivity contribution in [1.29, 1.82) is 0 Å². The van der Waals surface area contributed by atoms with Gasteiger partial charge in [-0.05, 0) is 88.4 Å². The van der Waals surface area contributed by atoms with Crippen LogP contribution in [-0.4, -0.2) is 58.8 Å². The molecule has 2 aliphatic rings. The zero-order valence-corrected chi connectivity index (χ0v) is 21.1. The molecule has 0 aromatic heterocycles. The van der Waals surface area contributed by atoms with E-state index in [1.54, 1.807) is 24.3 Å². The number of nitrogens with one attached hydrogen (secondary N) is 1. The van der Waals surface area contributed by atoms with Crippen LogP contribution in [0.3, 0.4) is 0 Å². The molecular formula is C28H36N4O4. The summed E-state index contributed by atoms with van der Waals surface area (Å²) in [7, 11) is 0. The molecule has 0 bridgehead atoms. The third kappa shape index (κ3) is 6.05. The van der Waals surface area contributed by atoms with E-state index in [9.17, 15) is 14.4 Å². The highest BCUT2D eigenvalue weighted by atomic mass is 16.5. The maximum atomic E-state index is 12.9. The minimum atomic E-state index is -0.307. The number of rotatable bonds is 8. The van der Waals surface area contributed by atoms with Crippen LogP contribution in [0.5, 0.6) is 5.75 Å². The minimum Gasteiger partial charge on any atom is -0.484 e. The van der Waals surface area contributed by atoms with Gasteiger partial charge in [0, 0.05) is 29.9 Å². The highest BCUT2D eigenvalue weighted by Gasteiger charge is 2.30. The van der Waals surface area contributed by atoms with Crippen molar-refractivity contribution in [2.45, 2.75) is 70.6 Å². The Morgan fingerprint density at radius 2 is 1.67 bits per heavy atom. The lowest BCUT2D eigenvalue weighted by molar-refractivity contribution is -0.139. The van der Waals surface area contributed by atoms with Crippen molar-refractivity contribution in [3.05, 3.63) is 59.7 Å². The van der Waals surface area contributed by atoms with E-state index in [1.165, 1.54) is 0 Å². The van der Waals surface area contributed by atoms with Crippen LogP contribution in [-0.2, 0) is 16.1 Å². The lowest BCUT2D eigenvalue weighted by Crippen LogP contribution is -2.49. The fourth-order valence-electron chi connectivity index (χ4n) is 5.37. The molecule has 4 rings (SSSR count). The van der Waals surface area contributed by atoms with Gasteiger partial charge in [-0.25, -0.2) is 0 Å². The maximum Gasteiger partial charge on any atom is 0.260 e. The summed E-state index contributed by atoms with van der Waals surface area (Å²) in [5.41, 5.74) is 7.67. The normalized spacial score (nSPS) is 22.3. The molecule has 3 N–H and O–H groups in total. The number of benzene rings is 2. The number of carbonyl (C=O) groups is 3. The van der Waals surface area contributed by atoms with Gasteiger partial charge in [0.2, 0.25) is 5.91 Å². The Labute approximate surface area is 212 Å². The molecule has 3 atom stereocenters. The van der Waals surface area contributed by atoms with Crippen LogP contribution in [0.4, 0.5) is 5.69 Å². The highest BCUT2D eigenvalue weighted by molar-refractivity contribution is 6.04. The zero-order chi connectivity index (χ0) is 25.7. The SMILES string of the molecule is CC1CCCC(C)N1C(=O)COc1ccc(C(=O)Nc2ccccc2CN2CCCC2C(N)=O)cc1. The minimum absolute atomic E-state index is 0.00953. The molecule has 36 heavy (non-hydrogen) atoms. The van der Waals surface area contributed by atoms with E-state index in [4.69, 9.17) is 10.5 Å². The number of likely N-dealkylation sites (tertiary alicyclic amines) is 2. The van der Waals surface area contributed by atoms with Gasteiger partial charge in [0.1, 0.15) is 5.75 Å². The summed E-state index contributed by atoms with van der Waals surface area (Å²) >= 11 is 0. The third-order valence-electron chi connectivity index (χ3n) is 7.29. The Morgan fingerprint density at radius 3 is 2.36 bits per heavy atom. The predicted molar refractivity (Wildman–Crippen MR) is 139 cm³/mol. The van der Waals surface area contributed by atoms with E-state index in [0.29, 0.717) is 23.5 Å². The maximum absolute atomic E-state index is 12.9. The molecule has 2 aromatic carbocycles. The average molecular weight is 493 g/mol. The Morgan fingerprint density at radius 1 is 0.972 bits per heavy atom. The summed E-state index contributed by atoms with van der Waals surface area (Å²) in [5.74, 6) is -0.0132. The second-order valence-electron chi connectivity index (χ2n) is 9.89. The van der Waals surface area contributed by atoms with Gasteiger partial charge in [-0.2, -0.15) is 0 Å². The van der Waals surface area contributed by atoms with Crippen LogP contribution in [0.1, 0.15) is 61.9 Å². The van der Waals surface area contributed by atoms with Crippen molar-refractivity contribution >= 4 is 23.4 Å². The lowest BCUT2D eigenvalue weighted by atomic mass is 9.97. The highest BCUT2D eigenvalue weighted by Crippen LogP contribution is 2.25. The number of amides is 3. The van der Waals surface area contributed by atoms with Crippen molar-refractivity contribution in [3.8, 4) is 5.75 Å². The molecule has 2 fully saturated rings.